The number of carbonyl (C=O) groups is 1. The molecule has 116 valence electrons. The molecule has 22 heavy (non-hydrogen) atoms. The third-order valence-corrected chi connectivity index (χ3v) is 4.01. The summed E-state index contributed by atoms with van der Waals surface area (Å²) in [6.45, 7) is 3.34. The number of hydrazone groups is 1. The van der Waals surface area contributed by atoms with E-state index in [1.54, 1.807) is 17.9 Å². The van der Waals surface area contributed by atoms with E-state index in [0.29, 0.717) is 30.4 Å². The van der Waals surface area contributed by atoms with Gasteiger partial charge >= 0.3 is 0 Å². The second kappa shape index (κ2) is 4.84. The minimum Gasteiger partial charge on any atom is -0.485 e. The highest BCUT2D eigenvalue weighted by Crippen LogP contribution is 2.39. The fraction of sp³-hybridized carbons (Fsp3) is 0.429. The van der Waals surface area contributed by atoms with Gasteiger partial charge in [-0.25, -0.2) is 9.82 Å². The molecule has 0 radical (unpaired) electrons. The van der Waals surface area contributed by atoms with Crippen LogP contribution < -0.4 is 25.1 Å². The first kappa shape index (κ1) is 13.3. The maximum atomic E-state index is 14.1. The lowest BCUT2D eigenvalue weighted by atomic mass is 10.1. The van der Waals surface area contributed by atoms with Gasteiger partial charge in [0.05, 0.1) is 5.69 Å². The second-order valence-electron chi connectivity index (χ2n) is 5.49. The van der Waals surface area contributed by atoms with Crippen LogP contribution in [0.3, 0.4) is 0 Å². The maximum absolute atomic E-state index is 14.1. The molecule has 0 bridgehead atoms. The van der Waals surface area contributed by atoms with Crippen molar-refractivity contribution in [3.8, 4) is 11.5 Å². The van der Waals surface area contributed by atoms with E-state index in [-0.39, 0.29) is 24.4 Å². The second-order valence-corrected chi connectivity index (χ2v) is 5.49. The van der Waals surface area contributed by atoms with Gasteiger partial charge in [0.2, 0.25) is 0 Å². The van der Waals surface area contributed by atoms with Crippen molar-refractivity contribution in [2.75, 3.05) is 24.6 Å². The fourth-order valence-corrected chi connectivity index (χ4v) is 2.64. The Balaban J connectivity index is 1.74. The van der Waals surface area contributed by atoms with Crippen molar-refractivity contribution in [3.05, 3.63) is 17.9 Å². The molecule has 0 aromatic heterocycles. The van der Waals surface area contributed by atoms with Gasteiger partial charge in [0.25, 0.3) is 5.91 Å². The highest BCUT2D eigenvalue weighted by atomic mass is 19.1. The SMILES string of the molecule is C[C@H]1C(=O)NN=C2COc3cc(F)c(OC4CNC4)cc3N21. The Bertz CT molecular complexity index is 674. The van der Waals surface area contributed by atoms with E-state index in [2.05, 4.69) is 15.8 Å². The van der Waals surface area contributed by atoms with Crippen LogP contribution in [0.25, 0.3) is 0 Å². The smallest absolute Gasteiger partial charge is 0.262 e. The van der Waals surface area contributed by atoms with Gasteiger partial charge in [-0.05, 0) is 6.92 Å². The van der Waals surface area contributed by atoms with Crippen molar-refractivity contribution >= 4 is 17.4 Å². The molecule has 1 aromatic carbocycles. The highest BCUT2D eigenvalue weighted by Gasteiger charge is 2.36. The number of halogens is 1. The molecule has 0 spiro atoms. The predicted molar refractivity (Wildman–Crippen MR) is 76.7 cm³/mol. The molecule has 1 amide bonds. The van der Waals surface area contributed by atoms with Gasteiger partial charge in [0.15, 0.2) is 17.4 Å². The summed E-state index contributed by atoms with van der Waals surface area (Å²) in [6.07, 6.45) is -0.0349. The van der Waals surface area contributed by atoms with Gasteiger partial charge in [-0.2, -0.15) is 5.10 Å². The molecule has 3 aliphatic heterocycles. The van der Waals surface area contributed by atoms with Crippen LogP contribution in [-0.2, 0) is 4.79 Å². The lowest BCUT2D eigenvalue weighted by molar-refractivity contribution is -0.122. The predicted octanol–water partition coefficient (Wildman–Crippen LogP) is 0.207. The van der Waals surface area contributed by atoms with Crippen LogP contribution in [0.5, 0.6) is 11.5 Å². The largest absolute Gasteiger partial charge is 0.485 e. The Hall–Kier alpha value is -2.35. The number of rotatable bonds is 2. The summed E-state index contributed by atoms with van der Waals surface area (Å²) >= 11 is 0. The maximum Gasteiger partial charge on any atom is 0.262 e. The fourth-order valence-electron chi connectivity index (χ4n) is 2.64. The number of carbonyl (C=O) groups excluding carboxylic acids is 1. The minimum absolute atomic E-state index is 0.0349. The Kier molecular flexibility index (Phi) is 2.93. The third-order valence-electron chi connectivity index (χ3n) is 4.01. The molecule has 2 N–H and O–H groups in total. The van der Waals surface area contributed by atoms with Crippen molar-refractivity contribution in [3.63, 3.8) is 0 Å². The topological polar surface area (TPSA) is 75.2 Å². The van der Waals surface area contributed by atoms with Crippen LogP contribution in [-0.4, -0.2) is 43.6 Å². The molecule has 7 nitrogen and oxygen atoms in total. The summed E-state index contributed by atoms with van der Waals surface area (Å²) in [5, 5.41) is 7.06. The van der Waals surface area contributed by atoms with E-state index in [1.807, 2.05) is 0 Å². The number of nitrogens with zero attached hydrogens (tertiary/aromatic N) is 2. The van der Waals surface area contributed by atoms with Crippen LogP contribution in [0.1, 0.15) is 6.92 Å². The van der Waals surface area contributed by atoms with E-state index < -0.39 is 11.9 Å². The number of hydrogen-bond donors (Lipinski definition) is 2. The number of amides is 1. The molecule has 8 heteroatoms. The molecule has 0 saturated carbocycles. The molecular formula is C14H15FN4O3. The summed E-state index contributed by atoms with van der Waals surface area (Å²) in [6, 6.07) is 2.43. The first-order valence-corrected chi connectivity index (χ1v) is 7.13. The Morgan fingerprint density at radius 1 is 1.45 bits per heavy atom. The number of nitrogens with one attached hydrogen (secondary N) is 2. The van der Waals surface area contributed by atoms with Crippen molar-refractivity contribution in [2.24, 2.45) is 5.10 Å². The van der Waals surface area contributed by atoms with Gasteiger partial charge in [-0.15, -0.1) is 0 Å². The molecule has 1 saturated heterocycles. The normalized spacial score (nSPS) is 23.5. The molecule has 0 aliphatic carbocycles. The van der Waals surface area contributed by atoms with E-state index >= 15 is 0 Å². The Morgan fingerprint density at radius 3 is 3.00 bits per heavy atom. The van der Waals surface area contributed by atoms with E-state index in [4.69, 9.17) is 9.47 Å². The number of amidine groups is 1. The lowest BCUT2D eigenvalue weighted by Crippen LogP contribution is -2.55. The van der Waals surface area contributed by atoms with Crippen molar-refractivity contribution in [1.29, 1.82) is 0 Å². The number of benzene rings is 1. The molecule has 0 unspecified atom stereocenters. The van der Waals surface area contributed by atoms with Crippen LogP contribution in [0, 0.1) is 5.82 Å². The Labute approximate surface area is 126 Å². The summed E-state index contributed by atoms with van der Waals surface area (Å²) in [7, 11) is 0. The average Bonchev–Trinajstić information content (AvgIpc) is 2.46. The summed E-state index contributed by atoms with van der Waals surface area (Å²) in [5.41, 5.74) is 3.05. The van der Waals surface area contributed by atoms with Crippen molar-refractivity contribution < 1.29 is 18.7 Å². The third kappa shape index (κ3) is 1.98. The number of hydrogen-bond acceptors (Lipinski definition) is 6. The molecule has 1 aromatic rings. The minimum atomic E-state index is -0.472. The molecule has 1 fully saturated rings. The van der Waals surface area contributed by atoms with Gasteiger partial charge < -0.3 is 19.7 Å². The summed E-state index contributed by atoms with van der Waals surface area (Å²) < 4.78 is 25.3. The van der Waals surface area contributed by atoms with Gasteiger partial charge in [-0.1, -0.05) is 0 Å². The quantitative estimate of drug-likeness (QED) is 0.817. The zero-order valence-electron chi connectivity index (χ0n) is 11.9. The van der Waals surface area contributed by atoms with Crippen LogP contribution in [0.2, 0.25) is 0 Å². The van der Waals surface area contributed by atoms with Crippen LogP contribution in [0.15, 0.2) is 17.2 Å². The van der Waals surface area contributed by atoms with Crippen molar-refractivity contribution in [1.82, 2.24) is 10.7 Å². The number of ether oxygens (including phenoxy) is 2. The Morgan fingerprint density at radius 2 is 2.27 bits per heavy atom. The van der Waals surface area contributed by atoms with Crippen LogP contribution >= 0.6 is 0 Å². The van der Waals surface area contributed by atoms with E-state index in [9.17, 15) is 9.18 Å². The van der Waals surface area contributed by atoms with Gasteiger partial charge in [0.1, 0.15) is 24.5 Å². The highest BCUT2D eigenvalue weighted by molar-refractivity contribution is 6.09. The molecule has 3 aliphatic rings. The van der Waals surface area contributed by atoms with Crippen LogP contribution in [0.4, 0.5) is 10.1 Å². The summed E-state index contributed by atoms with van der Waals surface area (Å²) in [4.78, 5) is 13.6. The monoisotopic (exact) mass is 306 g/mol. The first-order valence-electron chi connectivity index (χ1n) is 7.13. The summed E-state index contributed by atoms with van der Waals surface area (Å²) in [5.74, 6) is 0.444. The standard InChI is InChI=1S/C14H15FN4O3/c1-7-14(20)18-17-13-6-21-12-2-9(15)11(3-10(12)19(7)13)22-8-4-16-5-8/h2-3,7-8,16H,4-6H2,1H3,(H,18,20)/t7-/m0/s1. The molecule has 4 rings (SSSR count). The number of fused-ring (bicyclic) bond motifs is 3. The van der Waals surface area contributed by atoms with E-state index in [0.717, 1.165) is 0 Å². The first-order chi connectivity index (χ1) is 10.6. The van der Waals surface area contributed by atoms with Gasteiger partial charge in [-0.3, -0.25) is 4.79 Å². The van der Waals surface area contributed by atoms with Gasteiger partial charge in [0, 0.05) is 25.2 Å². The lowest BCUT2D eigenvalue weighted by Gasteiger charge is -2.38. The molecule has 1 atom stereocenters. The van der Waals surface area contributed by atoms with E-state index in [1.165, 1.54) is 6.07 Å². The number of anilines is 1. The molecular weight excluding hydrogens is 291 g/mol. The van der Waals surface area contributed by atoms with Crippen molar-refractivity contribution in [2.45, 2.75) is 19.1 Å². The zero-order chi connectivity index (χ0) is 15.3. The zero-order valence-corrected chi connectivity index (χ0v) is 11.9. The molecule has 3 heterocycles. The average molecular weight is 306 g/mol.